The van der Waals surface area contributed by atoms with Crippen LogP contribution < -0.4 is 5.32 Å². The average Bonchev–Trinajstić information content (AvgIpc) is 2.15. The summed E-state index contributed by atoms with van der Waals surface area (Å²) < 4.78 is 0. The summed E-state index contributed by atoms with van der Waals surface area (Å²) in [7, 11) is 0. The van der Waals surface area contributed by atoms with Gasteiger partial charge in [-0.2, -0.15) is 0 Å². The highest BCUT2D eigenvalue weighted by Crippen LogP contribution is 2.19. The molecule has 0 aliphatic heterocycles. The molecule has 1 rings (SSSR count). The molecule has 0 atom stereocenters. The van der Waals surface area contributed by atoms with E-state index < -0.39 is 0 Å². The second kappa shape index (κ2) is 6.42. The molecule has 0 spiro atoms. The largest absolute Gasteiger partial charge is 0.312 e. The highest BCUT2D eigenvalue weighted by Gasteiger charge is 2.16. The first kappa shape index (κ1) is 14.5. The molecule has 2 heteroatoms. The van der Waals surface area contributed by atoms with E-state index in [0.29, 0.717) is 0 Å². The van der Waals surface area contributed by atoms with Crippen LogP contribution in [-0.2, 0) is 6.54 Å². The zero-order valence-corrected chi connectivity index (χ0v) is 12.2. The van der Waals surface area contributed by atoms with Gasteiger partial charge in [-0.05, 0) is 31.2 Å². The van der Waals surface area contributed by atoms with Gasteiger partial charge in [0, 0.05) is 19.0 Å². The monoisotopic (exact) mass is 253 g/mol. The Labute approximate surface area is 111 Å². The third-order valence-corrected chi connectivity index (χ3v) is 3.17. The highest BCUT2D eigenvalue weighted by molar-refractivity contribution is 6.17. The Bertz CT molecular complexity index is 338. The molecule has 0 fully saturated rings. The lowest BCUT2D eigenvalue weighted by Crippen LogP contribution is -2.29. The number of nitrogens with one attached hydrogen (secondary N) is 1. The van der Waals surface area contributed by atoms with Crippen molar-refractivity contribution in [1.82, 2.24) is 5.32 Å². The minimum atomic E-state index is 0.278. The number of halogens is 1. The van der Waals surface area contributed by atoms with Gasteiger partial charge in [0.1, 0.15) is 0 Å². The summed E-state index contributed by atoms with van der Waals surface area (Å²) in [4.78, 5) is 0. The van der Waals surface area contributed by atoms with Gasteiger partial charge < -0.3 is 5.32 Å². The summed E-state index contributed by atoms with van der Waals surface area (Å²) >= 11 is 5.80. The zero-order valence-electron chi connectivity index (χ0n) is 11.4. The van der Waals surface area contributed by atoms with Crippen LogP contribution in [0.3, 0.4) is 0 Å². The maximum absolute atomic E-state index is 5.80. The molecule has 0 heterocycles. The summed E-state index contributed by atoms with van der Waals surface area (Å²) in [6.07, 6.45) is 1.05. The van der Waals surface area contributed by atoms with Crippen molar-refractivity contribution in [1.29, 1.82) is 0 Å². The summed E-state index contributed by atoms with van der Waals surface area (Å²) in [5, 5.41) is 3.52. The summed E-state index contributed by atoms with van der Waals surface area (Å²) in [6.45, 7) is 10.7. The van der Waals surface area contributed by atoms with E-state index in [2.05, 4.69) is 51.2 Å². The predicted molar refractivity (Wildman–Crippen MR) is 76.7 cm³/mol. The predicted octanol–water partition coefficient (Wildman–Crippen LogP) is 4.05. The van der Waals surface area contributed by atoms with Crippen molar-refractivity contribution in [2.45, 2.75) is 40.7 Å². The molecular weight excluding hydrogens is 230 g/mol. The van der Waals surface area contributed by atoms with Gasteiger partial charge in [0.05, 0.1) is 0 Å². The Morgan fingerprint density at radius 1 is 1.12 bits per heavy atom. The van der Waals surface area contributed by atoms with Gasteiger partial charge in [0.25, 0.3) is 0 Å². The molecule has 96 valence electrons. The molecule has 17 heavy (non-hydrogen) atoms. The van der Waals surface area contributed by atoms with Crippen molar-refractivity contribution in [3.05, 3.63) is 34.9 Å². The van der Waals surface area contributed by atoms with E-state index in [1.165, 1.54) is 16.7 Å². The quantitative estimate of drug-likeness (QED) is 0.755. The fourth-order valence-electron chi connectivity index (χ4n) is 2.06. The Morgan fingerprint density at radius 2 is 1.71 bits per heavy atom. The second-order valence-corrected chi connectivity index (χ2v) is 6.08. The standard InChI is InChI=1S/C15H24ClN/c1-12-7-13(2)9-14(8-12)10-17-11-15(3,4)5-6-16/h7-9,17H,5-6,10-11H2,1-4H3. The summed E-state index contributed by atoms with van der Waals surface area (Å²) in [5.74, 6) is 0.734. The Kier molecular flexibility index (Phi) is 5.48. The topological polar surface area (TPSA) is 12.0 Å². The van der Waals surface area contributed by atoms with E-state index in [0.717, 1.165) is 25.4 Å². The van der Waals surface area contributed by atoms with Gasteiger partial charge in [-0.1, -0.05) is 43.2 Å². The number of rotatable bonds is 6. The third kappa shape index (κ3) is 5.56. The van der Waals surface area contributed by atoms with Crippen molar-refractivity contribution in [3.63, 3.8) is 0 Å². The van der Waals surface area contributed by atoms with Gasteiger partial charge in [-0.25, -0.2) is 0 Å². The number of alkyl halides is 1. The van der Waals surface area contributed by atoms with Crippen LogP contribution in [0.2, 0.25) is 0 Å². The van der Waals surface area contributed by atoms with E-state index in [-0.39, 0.29) is 5.41 Å². The Hall–Kier alpha value is -0.530. The number of aryl methyl sites for hydroxylation is 2. The molecule has 0 radical (unpaired) electrons. The first-order chi connectivity index (χ1) is 7.93. The number of hydrogen-bond donors (Lipinski definition) is 1. The van der Waals surface area contributed by atoms with E-state index >= 15 is 0 Å². The van der Waals surface area contributed by atoms with E-state index in [4.69, 9.17) is 11.6 Å². The minimum absolute atomic E-state index is 0.278. The first-order valence-electron chi connectivity index (χ1n) is 6.27. The molecule has 0 aliphatic carbocycles. The third-order valence-electron chi connectivity index (χ3n) is 2.99. The minimum Gasteiger partial charge on any atom is -0.312 e. The smallest absolute Gasteiger partial charge is 0.0229 e. The van der Waals surface area contributed by atoms with Crippen LogP contribution in [0.4, 0.5) is 0 Å². The second-order valence-electron chi connectivity index (χ2n) is 5.70. The van der Waals surface area contributed by atoms with Crippen LogP contribution >= 0.6 is 11.6 Å². The van der Waals surface area contributed by atoms with Gasteiger partial charge in [0.15, 0.2) is 0 Å². The van der Waals surface area contributed by atoms with Crippen molar-refractivity contribution in [2.24, 2.45) is 5.41 Å². The van der Waals surface area contributed by atoms with Crippen LogP contribution in [0, 0.1) is 19.3 Å². The van der Waals surface area contributed by atoms with Crippen LogP contribution in [0.5, 0.6) is 0 Å². The molecule has 0 saturated heterocycles. The lowest BCUT2D eigenvalue weighted by Gasteiger charge is -2.24. The van der Waals surface area contributed by atoms with Gasteiger partial charge in [0.2, 0.25) is 0 Å². The molecule has 1 aromatic carbocycles. The molecule has 0 saturated carbocycles. The Balaban J connectivity index is 2.45. The van der Waals surface area contributed by atoms with Crippen molar-refractivity contribution in [2.75, 3.05) is 12.4 Å². The van der Waals surface area contributed by atoms with Crippen molar-refractivity contribution in [3.8, 4) is 0 Å². The van der Waals surface area contributed by atoms with E-state index in [9.17, 15) is 0 Å². The van der Waals surface area contributed by atoms with Crippen molar-refractivity contribution >= 4 is 11.6 Å². The fraction of sp³-hybridized carbons (Fsp3) is 0.600. The van der Waals surface area contributed by atoms with Crippen LogP contribution in [-0.4, -0.2) is 12.4 Å². The molecule has 0 bridgehead atoms. The normalized spacial score (nSPS) is 11.8. The highest BCUT2D eigenvalue weighted by atomic mass is 35.5. The fourth-order valence-corrected chi connectivity index (χ4v) is 2.57. The number of benzene rings is 1. The molecule has 1 aromatic rings. The number of hydrogen-bond acceptors (Lipinski definition) is 1. The van der Waals surface area contributed by atoms with Crippen molar-refractivity contribution < 1.29 is 0 Å². The van der Waals surface area contributed by atoms with Crippen LogP contribution in [0.15, 0.2) is 18.2 Å². The van der Waals surface area contributed by atoms with E-state index in [1.807, 2.05) is 0 Å². The average molecular weight is 254 g/mol. The summed E-state index contributed by atoms with van der Waals surface area (Å²) in [6, 6.07) is 6.70. The molecule has 0 aliphatic rings. The summed E-state index contributed by atoms with van der Waals surface area (Å²) in [5.41, 5.74) is 4.31. The molecule has 0 amide bonds. The zero-order chi connectivity index (χ0) is 12.9. The molecule has 1 nitrogen and oxygen atoms in total. The molecule has 0 unspecified atom stereocenters. The van der Waals surface area contributed by atoms with E-state index in [1.54, 1.807) is 0 Å². The van der Waals surface area contributed by atoms with Gasteiger partial charge >= 0.3 is 0 Å². The maximum atomic E-state index is 5.80. The maximum Gasteiger partial charge on any atom is 0.0229 e. The first-order valence-corrected chi connectivity index (χ1v) is 6.80. The van der Waals surface area contributed by atoms with Gasteiger partial charge in [-0.15, -0.1) is 11.6 Å². The Morgan fingerprint density at radius 3 is 2.24 bits per heavy atom. The molecule has 0 aromatic heterocycles. The molecular formula is C15H24ClN. The lowest BCUT2D eigenvalue weighted by molar-refractivity contribution is 0.329. The lowest BCUT2D eigenvalue weighted by atomic mass is 9.90. The van der Waals surface area contributed by atoms with Gasteiger partial charge in [-0.3, -0.25) is 0 Å². The molecule has 1 N–H and O–H groups in total. The van der Waals surface area contributed by atoms with Crippen LogP contribution in [0.1, 0.15) is 37.0 Å². The van der Waals surface area contributed by atoms with Crippen LogP contribution in [0.25, 0.3) is 0 Å². The SMILES string of the molecule is Cc1cc(C)cc(CNCC(C)(C)CCCl)c1.